The average Bonchev–Trinajstić information content (AvgIpc) is 3.18. The molecule has 3 rings (SSSR count). The molecule has 1 heterocycles. The summed E-state index contributed by atoms with van der Waals surface area (Å²) < 4.78 is 0. The van der Waals surface area contributed by atoms with Gasteiger partial charge in [-0.25, -0.2) is 0 Å². The molecule has 0 atom stereocenters. The summed E-state index contributed by atoms with van der Waals surface area (Å²) in [6, 6.07) is 13.2. The molecule has 2 aromatic rings. The molecule has 1 aromatic heterocycles. The highest BCUT2D eigenvalue weighted by molar-refractivity contribution is 5.63. The smallest absolute Gasteiger partial charge is 0.0463 e. The molecule has 19 heavy (non-hydrogen) atoms. The topological polar surface area (TPSA) is 12.9 Å². The van der Waals surface area contributed by atoms with E-state index in [1.54, 1.807) is 0 Å². The number of rotatable bonds is 3. The maximum absolute atomic E-state index is 4.66. The Bertz CT molecular complexity index is 577. The van der Waals surface area contributed by atoms with E-state index in [1.807, 2.05) is 6.20 Å². The van der Waals surface area contributed by atoms with Crippen LogP contribution in [0.1, 0.15) is 50.8 Å². The number of nitrogens with zero attached hydrogens (tertiary/aromatic N) is 1. The summed E-state index contributed by atoms with van der Waals surface area (Å²) in [5.41, 5.74) is 5.48. The molecule has 0 bridgehead atoms. The van der Waals surface area contributed by atoms with Gasteiger partial charge in [0.05, 0.1) is 0 Å². The van der Waals surface area contributed by atoms with E-state index in [0.717, 1.165) is 0 Å². The van der Waals surface area contributed by atoms with Crippen molar-refractivity contribution in [3.8, 4) is 11.1 Å². The van der Waals surface area contributed by atoms with Gasteiger partial charge in [-0.2, -0.15) is 0 Å². The van der Waals surface area contributed by atoms with E-state index < -0.39 is 0 Å². The normalized spacial score (nSPS) is 16.6. The number of hydrogen-bond donors (Lipinski definition) is 0. The molecule has 1 aromatic carbocycles. The highest BCUT2D eigenvalue weighted by atomic mass is 14.7. The van der Waals surface area contributed by atoms with Crippen LogP contribution < -0.4 is 0 Å². The number of hydrogen-bond acceptors (Lipinski definition) is 1. The van der Waals surface area contributed by atoms with Crippen molar-refractivity contribution in [2.24, 2.45) is 0 Å². The summed E-state index contributed by atoms with van der Waals surface area (Å²) in [6.45, 7) is 6.76. The zero-order chi connectivity index (χ0) is 13.5. The first kappa shape index (κ1) is 12.4. The molecule has 0 unspecified atom stereocenters. The van der Waals surface area contributed by atoms with Gasteiger partial charge in [-0.05, 0) is 36.0 Å². The van der Waals surface area contributed by atoms with Gasteiger partial charge in [0.2, 0.25) is 0 Å². The van der Waals surface area contributed by atoms with Gasteiger partial charge >= 0.3 is 0 Å². The Hall–Kier alpha value is -1.63. The lowest BCUT2D eigenvalue weighted by atomic mass is 9.97. The third-order valence-electron chi connectivity index (χ3n) is 4.27. The lowest BCUT2D eigenvalue weighted by Gasteiger charge is -2.10. The lowest BCUT2D eigenvalue weighted by molar-refractivity contribution is 0.750. The highest BCUT2D eigenvalue weighted by Gasteiger charge is 2.40. The van der Waals surface area contributed by atoms with E-state index in [9.17, 15) is 0 Å². The van der Waals surface area contributed by atoms with Crippen LogP contribution in [0.5, 0.6) is 0 Å². The maximum Gasteiger partial charge on any atom is 0.0463 e. The Kier molecular flexibility index (Phi) is 2.93. The van der Waals surface area contributed by atoms with Crippen LogP contribution in [0.3, 0.4) is 0 Å². The van der Waals surface area contributed by atoms with Crippen molar-refractivity contribution in [2.45, 2.75) is 44.9 Å². The van der Waals surface area contributed by atoms with Crippen molar-refractivity contribution in [2.75, 3.05) is 0 Å². The van der Waals surface area contributed by atoms with Crippen molar-refractivity contribution in [1.82, 2.24) is 4.98 Å². The second-order valence-electron chi connectivity index (χ2n) is 6.27. The Balaban J connectivity index is 1.91. The monoisotopic (exact) mass is 251 g/mol. The average molecular weight is 251 g/mol. The molecule has 1 nitrogen and oxygen atoms in total. The zero-order valence-corrected chi connectivity index (χ0v) is 12.0. The van der Waals surface area contributed by atoms with E-state index in [4.69, 9.17) is 0 Å². The van der Waals surface area contributed by atoms with E-state index in [-0.39, 0.29) is 0 Å². The fourth-order valence-electron chi connectivity index (χ4n) is 2.44. The van der Waals surface area contributed by atoms with E-state index in [2.05, 4.69) is 62.2 Å². The van der Waals surface area contributed by atoms with Crippen LogP contribution in [-0.4, -0.2) is 4.98 Å². The number of aromatic nitrogens is 1. The molecule has 0 spiro atoms. The SMILES string of the molecule is CC(C)c1cccc(-c2ccc(C3(C)CC3)nc2)c1. The summed E-state index contributed by atoms with van der Waals surface area (Å²) in [6.07, 6.45) is 4.59. The summed E-state index contributed by atoms with van der Waals surface area (Å²) >= 11 is 0. The van der Waals surface area contributed by atoms with Crippen molar-refractivity contribution >= 4 is 0 Å². The predicted octanol–water partition coefficient (Wildman–Crippen LogP) is 4.92. The van der Waals surface area contributed by atoms with Gasteiger partial charge in [0, 0.05) is 22.9 Å². The van der Waals surface area contributed by atoms with Crippen LogP contribution in [0, 0.1) is 0 Å². The fourth-order valence-corrected chi connectivity index (χ4v) is 2.44. The largest absolute Gasteiger partial charge is 0.260 e. The highest BCUT2D eigenvalue weighted by Crippen LogP contribution is 2.46. The van der Waals surface area contributed by atoms with Gasteiger partial charge in [-0.3, -0.25) is 4.98 Å². The minimum Gasteiger partial charge on any atom is -0.260 e. The van der Waals surface area contributed by atoms with Gasteiger partial charge in [0.25, 0.3) is 0 Å². The van der Waals surface area contributed by atoms with Crippen LogP contribution in [0.4, 0.5) is 0 Å². The summed E-state index contributed by atoms with van der Waals surface area (Å²) in [5.74, 6) is 0.567. The van der Waals surface area contributed by atoms with Gasteiger partial charge in [-0.15, -0.1) is 0 Å². The Morgan fingerprint density at radius 2 is 1.84 bits per heavy atom. The van der Waals surface area contributed by atoms with Gasteiger partial charge in [0.1, 0.15) is 0 Å². The number of benzene rings is 1. The number of pyridine rings is 1. The molecule has 0 N–H and O–H groups in total. The molecule has 1 heteroatoms. The quantitative estimate of drug-likeness (QED) is 0.754. The summed E-state index contributed by atoms with van der Waals surface area (Å²) in [5, 5.41) is 0. The molecule has 1 aliphatic rings. The van der Waals surface area contributed by atoms with Crippen LogP contribution in [0.2, 0.25) is 0 Å². The first-order valence-electron chi connectivity index (χ1n) is 7.15. The van der Waals surface area contributed by atoms with E-state index in [1.165, 1.54) is 35.2 Å². The first-order chi connectivity index (χ1) is 9.08. The van der Waals surface area contributed by atoms with Crippen LogP contribution >= 0.6 is 0 Å². The van der Waals surface area contributed by atoms with Gasteiger partial charge in [0.15, 0.2) is 0 Å². The standard InChI is InChI=1S/C18H21N/c1-13(2)14-5-4-6-15(11-14)16-7-8-17(19-12-16)18(3)9-10-18/h4-8,11-13H,9-10H2,1-3H3. The molecule has 1 aliphatic carbocycles. The zero-order valence-electron chi connectivity index (χ0n) is 12.0. The Morgan fingerprint density at radius 1 is 1.05 bits per heavy atom. The predicted molar refractivity (Wildman–Crippen MR) is 80.3 cm³/mol. The Morgan fingerprint density at radius 3 is 2.42 bits per heavy atom. The molecular formula is C18H21N. The van der Waals surface area contributed by atoms with Crippen LogP contribution in [0.15, 0.2) is 42.6 Å². The molecule has 98 valence electrons. The third kappa shape index (κ3) is 2.42. The second-order valence-corrected chi connectivity index (χ2v) is 6.27. The molecule has 1 saturated carbocycles. The molecular weight excluding hydrogens is 230 g/mol. The molecule has 0 aliphatic heterocycles. The minimum atomic E-state index is 0.359. The van der Waals surface area contributed by atoms with E-state index in [0.29, 0.717) is 11.3 Å². The molecule has 0 saturated heterocycles. The van der Waals surface area contributed by atoms with Crippen molar-refractivity contribution in [3.63, 3.8) is 0 Å². The first-order valence-corrected chi connectivity index (χ1v) is 7.15. The van der Waals surface area contributed by atoms with Gasteiger partial charge < -0.3 is 0 Å². The molecule has 1 fully saturated rings. The van der Waals surface area contributed by atoms with Crippen molar-refractivity contribution < 1.29 is 0 Å². The lowest BCUT2D eigenvalue weighted by Crippen LogP contribution is -2.02. The van der Waals surface area contributed by atoms with Gasteiger partial charge in [-0.1, -0.05) is 51.1 Å². The van der Waals surface area contributed by atoms with Crippen LogP contribution in [0.25, 0.3) is 11.1 Å². The second kappa shape index (κ2) is 4.48. The minimum absolute atomic E-state index is 0.359. The maximum atomic E-state index is 4.66. The van der Waals surface area contributed by atoms with Crippen molar-refractivity contribution in [1.29, 1.82) is 0 Å². The Labute approximate surface area is 115 Å². The van der Waals surface area contributed by atoms with E-state index >= 15 is 0 Å². The summed E-state index contributed by atoms with van der Waals surface area (Å²) in [7, 11) is 0. The van der Waals surface area contributed by atoms with Crippen LogP contribution in [-0.2, 0) is 5.41 Å². The third-order valence-corrected chi connectivity index (χ3v) is 4.27. The molecule has 0 amide bonds. The fraction of sp³-hybridized carbons (Fsp3) is 0.389. The van der Waals surface area contributed by atoms with Crippen molar-refractivity contribution in [3.05, 3.63) is 53.9 Å². The summed E-state index contributed by atoms with van der Waals surface area (Å²) in [4.78, 5) is 4.66. The molecule has 0 radical (unpaired) electrons.